The molecule has 0 aromatic carbocycles. The zero-order valence-electron chi connectivity index (χ0n) is 24.1. The zero-order valence-corrected chi connectivity index (χ0v) is 24.9. The summed E-state index contributed by atoms with van der Waals surface area (Å²) in [5, 5.41) is -1.33. The van der Waals surface area contributed by atoms with Crippen LogP contribution in [0.25, 0.3) is 0 Å². The summed E-state index contributed by atoms with van der Waals surface area (Å²) in [5.41, 5.74) is 0. The molecule has 0 aromatic rings. The Hall–Kier alpha value is -0.380. The van der Waals surface area contributed by atoms with E-state index < -0.39 is 27.4 Å². The molecule has 5 rings (SSSR count). The molecule has 5 unspecified atom stereocenters. The van der Waals surface area contributed by atoms with Crippen molar-refractivity contribution in [3.8, 4) is 0 Å². The molecule has 5 aliphatic rings. The Morgan fingerprint density at radius 1 is 0.821 bits per heavy atom. The molecule has 39 heavy (non-hydrogen) atoms. The Morgan fingerprint density at radius 2 is 1.51 bits per heavy atom. The van der Waals surface area contributed by atoms with Crippen LogP contribution in [-0.2, 0) is 14.8 Å². The highest BCUT2D eigenvalue weighted by Crippen LogP contribution is 2.49. The smallest absolute Gasteiger partial charge is 0.383 e. The predicted molar refractivity (Wildman–Crippen MR) is 148 cm³/mol. The SMILES string of the molecule is COC[C@@H]1[C@@H](C2CCC(C3CCCC(C)C3)CC2)C2CN(S(=O)(=O)C3CCCCC3C(F)(F)F)CCCCN21. The third-order valence-electron chi connectivity index (χ3n) is 11.4. The van der Waals surface area contributed by atoms with Crippen LogP contribution >= 0.6 is 0 Å². The van der Waals surface area contributed by atoms with Gasteiger partial charge in [0.2, 0.25) is 10.0 Å². The van der Waals surface area contributed by atoms with Gasteiger partial charge >= 0.3 is 6.18 Å². The average molecular weight is 577 g/mol. The highest BCUT2D eigenvalue weighted by molar-refractivity contribution is 7.89. The van der Waals surface area contributed by atoms with Gasteiger partial charge in [0.05, 0.1) is 17.8 Å². The van der Waals surface area contributed by atoms with Crippen molar-refractivity contribution in [2.24, 2.45) is 35.5 Å². The van der Waals surface area contributed by atoms with Gasteiger partial charge in [-0.05, 0) is 93.9 Å². The van der Waals surface area contributed by atoms with E-state index in [0.29, 0.717) is 50.8 Å². The minimum Gasteiger partial charge on any atom is -0.383 e. The molecular formula is C30H51F3N2O3S. The first kappa shape index (κ1) is 30.1. The average Bonchev–Trinajstić information content (AvgIpc) is 2.89. The lowest BCUT2D eigenvalue weighted by Gasteiger charge is -2.60. The number of ether oxygens (including phenoxy) is 1. The summed E-state index contributed by atoms with van der Waals surface area (Å²) in [4.78, 5) is 2.44. The predicted octanol–water partition coefficient (Wildman–Crippen LogP) is 6.48. The summed E-state index contributed by atoms with van der Waals surface area (Å²) in [5.74, 6) is 1.69. The zero-order chi connectivity index (χ0) is 27.8. The number of fused-ring (bicyclic) bond motifs is 1. The molecule has 9 heteroatoms. The van der Waals surface area contributed by atoms with Gasteiger partial charge in [0, 0.05) is 32.3 Å². The molecule has 0 radical (unpaired) electrons. The first-order valence-corrected chi connectivity index (χ1v) is 17.4. The lowest BCUT2D eigenvalue weighted by atomic mass is 9.62. The Kier molecular flexibility index (Phi) is 9.62. The van der Waals surface area contributed by atoms with Gasteiger partial charge in [-0.2, -0.15) is 13.2 Å². The first-order chi connectivity index (χ1) is 18.6. The quantitative estimate of drug-likeness (QED) is 0.363. The van der Waals surface area contributed by atoms with E-state index in [-0.39, 0.29) is 24.9 Å². The van der Waals surface area contributed by atoms with E-state index in [4.69, 9.17) is 4.74 Å². The normalized spacial score (nSPS) is 41.7. The number of hydrogen-bond acceptors (Lipinski definition) is 4. The number of methoxy groups -OCH3 is 1. The van der Waals surface area contributed by atoms with Crippen LogP contribution in [0, 0.1) is 35.5 Å². The van der Waals surface area contributed by atoms with Crippen LogP contribution in [0.15, 0.2) is 0 Å². The lowest BCUT2D eigenvalue weighted by Crippen LogP contribution is -2.71. The van der Waals surface area contributed by atoms with Gasteiger partial charge in [-0.25, -0.2) is 12.7 Å². The maximum Gasteiger partial charge on any atom is 0.393 e. The Labute approximate surface area is 234 Å². The van der Waals surface area contributed by atoms with E-state index in [2.05, 4.69) is 11.8 Å². The van der Waals surface area contributed by atoms with E-state index in [1.165, 1.54) is 55.7 Å². The van der Waals surface area contributed by atoms with E-state index >= 15 is 0 Å². The minimum atomic E-state index is -4.47. The topological polar surface area (TPSA) is 49.9 Å². The van der Waals surface area contributed by atoms with Crippen LogP contribution in [0.2, 0.25) is 0 Å². The van der Waals surface area contributed by atoms with Crippen molar-refractivity contribution in [3.05, 3.63) is 0 Å². The van der Waals surface area contributed by atoms with Crippen molar-refractivity contribution >= 4 is 10.0 Å². The summed E-state index contributed by atoms with van der Waals surface area (Å²) >= 11 is 0. The third kappa shape index (κ3) is 6.36. The van der Waals surface area contributed by atoms with Crippen LogP contribution in [0.4, 0.5) is 13.2 Å². The fourth-order valence-corrected chi connectivity index (χ4v) is 11.7. The highest BCUT2D eigenvalue weighted by Gasteiger charge is 2.56. The molecule has 5 nitrogen and oxygen atoms in total. The van der Waals surface area contributed by atoms with Crippen molar-refractivity contribution in [2.45, 2.75) is 120 Å². The van der Waals surface area contributed by atoms with Crippen molar-refractivity contribution in [3.63, 3.8) is 0 Å². The molecule has 0 amide bonds. The molecule has 0 bridgehead atoms. The number of halogens is 3. The number of nitrogens with zero attached hydrogens (tertiary/aromatic N) is 2. The molecule has 5 fully saturated rings. The van der Waals surface area contributed by atoms with Crippen LogP contribution in [0.3, 0.4) is 0 Å². The monoisotopic (exact) mass is 576 g/mol. The number of rotatable bonds is 6. The Bertz CT molecular complexity index is 908. The van der Waals surface area contributed by atoms with E-state index in [0.717, 1.165) is 30.7 Å². The second-order valence-electron chi connectivity index (χ2n) is 13.7. The number of alkyl halides is 3. The summed E-state index contributed by atoms with van der Waals surface area (Å²) < 4.78 is 76.6. The summed E-state index contributed by atoms with van der Waals surface area (Å²) in [6.07, 6.45) is 8.55. The highest BCUT2D eigenvalue weighted by atomic mass is 32.2. The molecule has 2 heterocycles. The van der Waals surface area contributed by atoms with Gasteiger partial charge in [-0.3, -0.25) is 4.90 Å². The summed E-state index contributed by atoms with van der Waals surface area (Å²) in [6.45, 7) is 4.66. The standard InChI is InChI=1S/C30H51F3N2O3S/c1-21-8-7-9-24(18-21)22-12-14-23(15-13-22)29-26-19-34(16-5-6-17-35(26)27(29)20-38-2)39(36,37)28-11-4-3-10-25(28)30(31,32)33/h21-29H,3-20H2,1-2H3/t21?,22?,23?,24?,25?,26?,27-,28?,29+/m1/s1. The van der Waals surface area contributed by atoms with Crippen LogP contribution < -0.4 is 0 Å². The first-order valence-electron chi connectivity index (χ1n) is 15.9. The largest absolute Gasteiger partial charge is 0.393 e. The second kappa shape index (κ2) is 12.5. The Morgan fingerprint density at radius 3 is 2.21 bits per heavy atom. The summed E-state index contributed by atoms with van der Waals surface area (Å²) in [6, 6.07) is 0.376. The lowest BCUT2D eigenvalue weighted by molar-refractivity contribution is -0.180. The molecule has 3 aliphatic carbocycles. The van der Waals surface area contributed by atoms with E-state index in [9.17, 15) is 21.6 Å². The maximum atomic E-state index is 13.9. The van der Waals surface area contributed by atoms with Gasteiger partial charge in [0.15, 0.2) is 0 Å². The van der Waals surface area contributed by atoms with E-state index in [1.54, 1.807) is 7.11 Å². The molecule has 2 aliphatic heterocycles. The molecule has 0 spiro atoms. The maximum absolute atomic E-state index is 13.9. The van der Waals surface area contributed by atoms with Gasteiger partial charge < -0.3 is 4.74 Å². The van der Waals surface area contributed by atoms with Crippen LogP contribution in [0.1, 0.15) is 96.8 Å². The van der Waals surface area contributed by atoms with Crippen molar-refractivity contribution in [2.75, 3.05) is 33.4 Å². The molecule has 7 atom stereocenters. The summed E-state index contributed by atoms with van der Waals surface area (Å²) in [7, 11) is -2.29. The molecule has 3 saturated carbocycles. The van der Waals surface area contributed by atoms with Crippen molar-refractivity contribution in [1.82, 2.24) is 9.21 Å². The van der Waals surface area contributed by atoms with Gasteiger partial charge in [0.1, 0.15) is 0 Å². The minimum absolute atomic E-state index is 0.0711. The Balaban J connectivity index is 1.30. The van der Waals surface area contributed by atoms with Crippen molar-refractivity contribution in [1.29, 1.82) is 0 Å². The molecule has 226 valence electrons. The third-order valence-corrected chi connectivity index (χ3v) is 13.8. The molecule has 0 aromatic heterocycles. The molecule has 0 N–H and O–H groups in total. The molecule has 2 saturated heterocycles. The van der Waals surface area contributed by atoms with Crippen molar-refractivity contribution < 1.29 is 26.3 Å². The number of sulfonamides is 1. The number of hydrogen-bond donors (Lipinski definition) is 0. The van der Waals surface area contributed by atoms with Gasteiger partial charge in [0.25, 0.3) is 0 Å². The molecular weight excluding hydrogens is 525 g/mol. The van der Waals surface area contributed by atoms with Crippen LogP contribution in [0.5, 0.6) is 0 Å². The fraction of sp³-hybridized carbons (Fsp3) is 1.00. The van der Waals surface area contributed by atoms with E-state index in [1.807, 2.05) is 0 Å². The van der Waals surface area contributed by atoms with Crippen LogP contribution in [-0.4, -0.2) is 74.5 Å². The van der Waals surface area contributed by atoms with Gasteiger partial charge in [-0.15, -0.1) is 0 Å². The fourth-order valence-electron chi connectivity index (χ4n) is 9.45. The van der Waals surface area contributed by atoms with Gasteiger partial charge in [-0.1, -0.05) is 39.0 Å². The second-order valence-corrected chi connectivity index (χ2v) is 15.8.